The Hall–Kier alpha value is -3.73. The van der Waals surface area contributed by atoms with Crippen LogP contribution in [0.5, 0.6) is 17.2 Å². The van der Waals surface area contributed by atoms with E-state index in [-0.39, 0.29) is 24.5 Å². The summed E-state index contributed by atoms with van der Waals surface area (Å²) in [6.07, 6.45) is -0.758. The van der Waals surface area contributed by atoms with Crippen molar-refractivity contribution < 1.29 is 34.1 Å². The lowest BCUT2D eigenvalue weighted by atomic mass is 9.64. The Morgan fingerprint density at radius 3 is 2.54 bits per heavy atom. The molecule has 3 aromatic rings. The highest BCUT2D eigenvalue weighted by atomic mass is 32.1. The molecule has 2 unspecified atom stereocenters. The first-order valence-corrected chi connectivity index (χ1v) is 13.2. The summed E-state index contributed by atoms with van der Waals surface area (Å²) in [6, 6.07) is 10.8. The number of benzene rings is 2. The predicted molar refractivity (Wildman–Crippen MR) is 148 cm³/mol. The molecule has 0 aliphatic heterocycles. The Morgan fingerprint density at radius 2 is 1.90 bits per heavy atom. The highest BCUT2D eigenvalue weighted by Crippen LogP contribution is 2.50. The van der Waals surface area contributed by atoms with Crippen LogP contribution in [-0.4, -0.2) is 46.5 Å². The second-order valence-corrected chi connectivity index (χ2v) is 11.3. The number of nitro groups is 1. The summed E-state index contributed by atoms with van der Waals surface area (Å²) < 4.78 is 17.2. The van der Waals surface area contributed by atoms with Gasteiger partial charge in [-0.3, -0.25) is 10.1 Å². The number of aliphatic hydroxyl groups is 2. The first-order chi connectivity index (χ1) is 18.3. The zero-order valence-electron chi connectivity index (χ0n) is 22.4. The summed E-state index contributed by atoms with van der Waals surface area (Å²) in [7, 11) is 1.46. The number of ether oxygens (including phenoxy) is 3. The van der Waals surface area contributed by atoms with Crippen LogP contribution in [0.25, 0.3) is 5.57 Å². The van der Waals surface area contributed by atoms with Crippen molar-refractivity contribution in [2.24, 2.45) is 5.41 Å². The summed E-state index contributed by atoms with van der Waals surface area (Å²) in [6.45, 7) is 7.01. The van der Waals surface area contributed by atoms with Crippen molar-refractivity contribution in [3.63, 3.8) is 0 Å². The lowest BCUT2D eigenvalue weighted by Crippen LogP contribution is -2.47. The fourth-order valence-corrected chi connectivity index (χ4v) is 5.62. The van der Waals surface area contributed by atoms with Crippen molar-refractivity contribution in [2.75, 3.05) is 13.7 Å². The second-order valence-electron chi connectivity index (χ2n) is 10.5. The molecule has 2 N–H and O–H groups in total. The lowest BCUT2D eigenvalue weighted by molar-refractivity contribution is -0.384. The van der Waals surface area contributed by atoms with Gasteiger partial charge >= 0.3 is 5.97 Å². The quantitative estimate of drug-likeness (QED) is 0.160. The Kier molecular flexibility index (Phi) is 7.83. The van der Waals surface area contributed by atoms with E-state index in [0.29, 0.717) is 39.3 Å². The van der Waals surface area contributed by atoms with Gasteiger partial charge in [0.1, 0.15) is 23.9 Å². The van der Waals surface area contributed by atoms with Gasteiger partial charge in [0.25, 0.3) is 5.69 Å². The largest absolute Gasteiger partial charge is 0.496 e. The van der Waals surface area contributed by atoms with Crippen LogP contribution in [0.2, 0.25) is 0 Å². The molecule has 0 amide bonds. The van der Waals surface area contributed by atoms with Gasteiger partial charge in [0.2, 0.25) is 0 Å². The molecule has 9 nitrogen and oxygen atoms in total. The van der Waals surface area contributed by atoms with Crippen LogP contribution >= 0.6 is 11.3 Å². The molecule has 2 aromatic carbocycles. The third-order valence-corrected chi connectivity index (χ3v) is 7.66. The molecule has 1 aromatic heterocycles. The van der Waals surface area contributed by atoms with Crippen molar-refractivity contribution in [1.29, 1.82) is 0 Å². The summed E-state index contributed by atoms with van der Waals surface area (Å²) in [4.78, 5) is 23.2. The van der Waals surface area contributed by atoms with Crippen molar-refractivity contribution in [1.82, 2.24) is 0 Å². The normalized spacial score (nSPS) is 20.4. The molecule has 206 valence electrons. The summed E-state index contributed by atoms with van der Waals surface area (Å²) in [5.74, 6) is 0.383. The lowest BCUT2D eigenvalue weighted by Gasteiger charge is -2.46. The average molecular weight is 554 g/mol. The Labute approximate surface area is 230 Å². The number of esters is 1. The molecule has 10 heteroatoms. The van der Waals surface area contributed by atoms with Gasteiger partial charge in [0.05, 0.1) is 35.4 Å². The molecule has 1 aliphatic carbocycles. The van der Waals surface area contributed by atoms with Crippen LogP contribution in [0.4, 0.5) is 5.69 Å². The number of non-ortho nitro benzene ring substituents is 1. The molecule has 0 saturated carbocycles. The third kappa shape index (κ3) is 5.83. The minimum absolute atomic E-state index is 0.115. The van der Waals surface area contributed by atoms with Crippen LogP contribution in [0.3, 0.4) is 0 Å². The number of rotatable bonds is 8. The number of methoxy groups -OCH3 is 1. The van der Waals surface area contributed by atoms with Crippen molar-refractivity contribution in [3.05, 3.63) is 85.6 Å². The van der Waals surface area contributed by atoms with Gasteiger partial charge < -0.3 is 24.4 Å². The zero-order chi connectivity index (χ0) is 28.5. The first-order valence-electron chi connectivity index (χ1n) is 12.3. The minimum Gasteiger partial charge on any atom is -0.496 e. The van der Waals surface area contributed by atoms with E-state index in [9.17, 15) is 25.1 Å². The highest BCUT2D eigenvalue weighted by molar-refractivity contribution is 7.08. The monoisotopic (exact) mass is 553 g/mol. The zero-order valence-corrected chi connectivity index (χ0v) is 23.2. The fraction of sp³-hybridized carbons (Fsp3) is 0.345. The molecular formula is C29H31NO8S. The number of aryl methyl sites for hydroxylation is 1. The molecule has 4 rings (SSSR count). The van der Waals surface area contributed by atoms with Gasteiger partial charge in [0.15, 0.2) is 0 Å². The van der Waals surface area contributed by atoms with E-state index in [2.05, 4.69) is 0 Å². The van der Waals surface area contributed by atoms with E-state index in [1.165, 1.54) is 30.6 Å². The van der Waals surface area contributed by atoms with E-state index in [0.717, 1.165) is 0 Å². The van der Waals surface area contributed by atoms with Crippen molar-refractivity contribution in [2.45, 2.75) is 45.8 Å². The van der Waals surface area contributed by atoms with Gasteiger partial charge in [0, 0.05) is 28.6 Å². The molecule has 0 saturated heterocycles. The molecule has 1 heterocycles. The fourth-order valence-electron chi connectivity index (χ4n) is 4.99. The maximum Gasteiger partial charge on any atom is 0.344 e. The maximum atomic E-state index is 12.5. The average Bonchev–Trinajstić information content (AvgIpc) is 3.41. The van der Waals surface area contributed by atoms with Crippen LogP contribution in [0.1, 0.15) is 48.7 Å². The topological polar surface area (TPSA) is 128 Å². The Bertz CT molecular complexity index is 1430. The van der Waals surface area contributed by atoms with E-state index >= 15 is 0 Å². The standard InChI is InChI=1S/C29H31NO8S/c1-17-6-7-19(30(34)35)12-23(17)37-14-22-25(26(31)28(2,3)16-29(22,4)33)21-9-8-20(13-24(21)36-5)38-27(32)18-10-11-39-15-18/h6-13,15,26,31,33H,14,16H2,1-5H3. The van der Waals surface area contributed by atoms with E-state index in [1.807, 2.05) is 13.8 Å². The highest BCUT2D eigenvalue weighted by Gasteiger charge is 2.47. The molecular weight excluding hydrogens is 522 g/mol. The Morgan fingerprint density at radius 1 is 1.15 bits per heavy atom. The number of carbonyl (C=O) groups is 1. The molecule has 2 atom stereocenters. The maximum absolute atomic E-state index is 12.5. The second kappa shape index (κ2) is 10.8. The van der Waals surface area contributed by atoms with E-state index in [1.54, 1.807) is 54.9 Å². The first kappa shape index (κ1) is 28.3. The molecule has 0 spiro atoms. The predicted octanol–water partition coefficient (Wildman–Crippen LogP) is 5.57. The Balaban J connectivity index is 1.77. The number of nitro benzene ring substituents is 1. The number of carbonyl (C=O) groups excluding carboxylic acids is 1. The van der Waals surface area contributed by atoms with Crippen molar-refractivity contribution in [3.8, 4) is 17.2 Å². The number of aliphatic hydroxyl groups excluding tert-OH is 1. The molecule has 0 bridgehead atoms. The molecule has 0 radical (unpaired) electrons. The van der Waals surface area contributed by atoms with Gasteiger partial charge in [-0.25, -0.2) is 4.79 Å². The third-order valence-electron chi connectivity index (χ3n) is 6.97. The number of nitrogens with zero attached hydrogens (tertiary/aromatic N) is 1. The molecule has 39 heavy (non-hydrogen) atoms. The molecule has 1 aliphatic rings. The molecule has 0 fully saturated rings. The van der Waals surface area contributed by atoms with E-state index < -0.39 is 28.0 Å². The van der Waals surface area contributed by atoms with Crippen LogP contribution in [0.15, 0.2) is 58.8 Å². The van der Waals surface area contributed by atoms with Gasteiger partial charge in [-0.05, 0) is 66.5 Å². The summed E-state index contributed by atoms with van der Waals surface area (Å²) >= 11 is 1.39. The van der Waals surface area contributed by atoms with Crippen LogP contribution in [0, 0.1) is 22.5 Å². The van der Waals surface area contributed by atoms with Crippen LogP contribution in [-0.2, 0) is 0 Å². The summed E-state index contributed by atoms with van der Waals surface area (Å²) in [5.41, 5.74) is 0.267. The van der Waals surface area contributed by atoms with Crippen molar-refractivity contribution >= 4 is 28.6 Å². The van der Waals surface area contributed by atoms with Gasteiger partial charge in [-0.2, -0.15) is 11.3 Å². The number of hydrogen-bond donors (Lipinski definition) is 2. The SMILES string of the molecule is COc1cc(OC(=O)c2ccsc2)ccc1C1=C(COc2cc([N+](=O)[O-])ccc2C)C(C)(O)CC(C)(C)C1O. The summed E-state index contributed by atoms with van der Waals surface area (Å²) in [5, 5.41) is 37.9. The minimum atomic E-state index is -1.37. The van der Waals surface area contributed by atoms with Gasteiger partial charge in [-0.1, -0.05) is 13.8 Å². The van der Waals surface area contributed by atoms with E-state index in [4.69, 9.17) is 14.2 Å². The van der Waals surface area contributed by atoms with Crippen LogP contribution < -0.4 is 14.2 Å². The number of hydrogen-bond acceptors (Lipinski definition) is 9. The smallest absolute Gasteiger partial charge is 0.344 e. The van der Waals surface area contributed by atoms with Gasteiger partial charge in [-0.15, -0.1) is 0 Å². The number of thiophene rings is 1.